The molecule has 0 aliphatic rings. The number of aryl methyl sites for hydroxylation is 2. The molecule has 0 amide bonds. The highest BCUT2D eigenvalue weighted by Gasteiger charge is 2.11. The first-order valence-electron chi connectivity index (χ1n) is 6.73. The van der Waals surface area contributed by atoms with Gasteiger partial charge in [-0.2, -0.15) is 4.98 Å². The van der Waals surface area contributed by atoms with Gasteiger partial charge < -0.3 is 10.3 Å². The first kappa shape index (κ1) is 13.3. The van der Waals surface area contributed by atoms with Crippen LogP contribution in [0.4, 0.5) is 5.82 Å². The summed E-state index contributed by atoms with van der Waals surface area (Å²) >= 11 is 0. The quantitative estimate of drug-likeness (QED) is 0.798. The van der Waals surface area contributed by atoms with Crippen molar-refractivity contribution in [1.82, 2.24) is 15.1 Å². The summed E-state index contributed by atoms with van der Waals surface area (Å²) in [6.07, 6.45) is 0.632. The zero-order valence-electron chi connectivity index (χ0n) is 12.0. The van der Waals surface area contributed by atoms with E-state index < -0.39 is 0 Å². The molecular weight excluding hydrogens is 264 g/mol. The van der Waals surface area contributed by atoms with Crippen LogP contribution in [-0.2, 0) is 6.42 Å². The van der Waals surface area contributed by atoms with E-state index in [1.807, 2.05) is 6.07 Å². The van der Waals surface area contributed by atoms with Gasteiger partial charge in [-0.1, -0.05) is 29.4 Å². The van der Waals surface area contributed by atoms with Gasteiger partial charge in [-0.3, -0.25) is 0 Å². The van der Waals surface area contributed by atoms with E-state index in [0.29, 0.717) is 29.6 Å². The highest BCUT2D eigenvalue weighted by molar-refractivity contribution is 5.50. The Bertz CT molecular complexity index is 779. The Labute approximate surface area is 122 Å². The minimum Gasteiger partial charge on any atom is -0.384 e. The predicted octanol–water partition coefficient (Wildman–Crippen LogP) is 2.92. The van der Waals surface area contributed by atoms with Crippen molar-refractivity contribution < 1.29 is 4.52 Å². The Morgan fingerprint density at radius 1 is 1.05 bits per heavy atom. The Morgan fingerprint density at radius 3 is 2.67 bits per heavy atom. The zero-order chi connectivity index (χ0) is 14.8. The van der Waals surface area contributed by atoms with Crippen LogP contribution in [0, 0.1) is 13.8 Å². The van der Waals surface area contributed by atoms with E-state index in [9.17, 15) is 0 Å². The molecule has 106 valence electrons. The Balaban J connectivity index is 1.83. The number of nitrogen functional groups attached to an aromatic ring is 1. The van der Waals surface area contributed by atoms with Crippen molar-refractivity contribution in [1.29, 1.82) is 0 Å². The van der Waals surface area contributed by atoms with Crippen LogP contribution in [0.3, 0.4) is 0 Å². The van der Waals surface area contributed by atoms with Crippen molar-refractivity contribution in [2.75, 3.05) is 5.73 Å². The third-order valence-corrected chi connectivity index (χ3v) is 3.39. The first-order valence-corrected chi connectivity index (χ1v) is 6.73. The maximum Gasteiger partial charge on any atom is 0.276 e. The maximum absolute atomic E-state index is 5.66. The largest absolute Gasteiger partial charge is 0.384 e. The molecule has 0 saturated heterocycles. The molecule has 1 aromatic carbocycles. The third kappa shape index (κ3) is 2.91. The molecule has 0 saturated carbocycles. The van der Waals surface area contributed by atoms with Crippen molar-refractivity contribution in [3.05, 3.63) is 58.9 Å². The molecular formula is C16H16N4O. The van der Waals surface area contributed by atoms with Gasteiger partial charge in [-0.15, -0.1) is 0 Å². The molecule has 2 N–H and O–H groups in total. The number of anilines is 1. The van der Waals surface area contributed by atoms with E-state index in [1.165, 1.54) is 11.1 Å². The molecule has 0 aliphatic heterocycles. The molecule has 5 heteroatoms. The fourth-order valence-electron chi connectivity index (χ4n) is 2.10. The number of hydrogen-bond acceptors (Lipinski definition) is 5. The Morgan fingerprint density at radius 2 is 1.90 bits per heavy atom. The SMILES string of the molecule is Cc1ccc(Cc2noc(-c3cccc(N)n3)n2)cc1C. The lowest BCUT2D eigenvalue weighted by Gasteiger charge is -2.02. The second-order valence-corrected chi connectivity index (χ2v) is 5.06. The fraction of sp³-hybridized carbons (Fsp3) is 0.188. The predicted molar refractivity (Wildman–Crippen MR) is 80.7 cm³/mol. The van der Waals surface area contributed by atoms with Crippen LogP contribution in [-0.4, -0.2) is 15.1 Å². The molecule has 3 rings (SSSR count). The summed E-state index contributed by atoms with van der Waals surface area (Å²) in [5.41, 5.74) is 9.94. The van der Waals surface area contributed by atoms with E-state index in [1.54, 1.807) is 12.1 Å². The molecule has 0 aliphatic carbocycles. The number of nitrogens with zero attached hydrogens (tertiary/aromatic N) is 3. The van der Waals surface area contributed by atoms with E-state index >= 15 is 0 Å². The average molecular weight is 280 g/mol. The Kier molecular flexibility index (Phi) is 3.39. The molecule has 21 heavy (non-hydrogen) atoms. The van der Waals surface area contributed by atoms with Crippen molar-refractivity contribution in [3.63, 3.8) is 0 Å². The van der Waals surface area contributed by atoms with Crippen molar-refractivity contribution >= 4 is 5.82 Å². The van der Waals surface area contributed by atoms with Crippen LogP contribution in [0.25, 0.3) is 11.6 Å². The minimum atomic E-state index is 0.390. The van der Waals surface area contributed by atoms with Crippen molar-refractivity contribution in [3.8, 4) is 11.6 Å². The first-order chi connectivity index (χ1) is 10.1. The van der Waals surface area contributed by atoms with E-state index in [-0.39, 0.29) is 0 Å². The second-order valence-electron chi connectivity index (χ2n) is 5.06. The molecule has 0 unspecified atom stereocenters. The summed E-state index contributed by atoms with van der Waals surface area (Å²) in [5.74, 6) is 1.46. The van der Waals surface area contributed by atoms with Crippen LogP contribution in [0.15, 0.2) is 40.9 Å². The number of nitrogens with two attached hydrogens (primary N) is 1. The van der Waals surface area contributed by atoms with Crippen LogP contribution in [0.5, 0.6) is 0 Å². The summed E-state index contributed by atoms with van der Waals surface area (Å²) in [5, 5.41) is 4.00. The van der Waals surface area contributed by atoms with Gasteiger partial charge >= 0.3 is 0 Å². The van der Waals surface area contributed by atoms with Gasteiger partial charge in [0.2, 0.25) is 0 Å². The maximum atomic E-state index is 5.66. The molecule has 5 nitrogen and oxygen atoms in total. The molecule has 3 aromatic rings. The number of benzene rings is 1. The molecule has 2 heterocycles. The summed E-state index contributed by atoms with van der Waals surface area (Å²) < 4.78 is 5.25. The van der Waals surface area contributed by atoms with E-state index in [0.717, 1.165) is 5.56 Å². The molecule has 0 atom stereocenters. The summed E-state index contributed by atoms with van der Waals surface area (Å²) in [6.45, 7) is 4.19. The average Bonchev–Trinajstić information content (AvgIpc) is 2.91. The van der Waals surface area contributed by atoms with Gasteiger partial charge in [0.1, 0.15) is 11.5 Å². The molecule has 0 bridgehead atoms. The highest BCUT2D eigenvalue weighted by atomic mass is 16.5. The Hall–Kier alpha value is -2.69. The molecule has 0 spiro atoms. The molecule has 0 radical (unpaired) electrons. The van der Waals surface area contributed by atoms with Crippen LogP contribution < -0.4 is 5.73 Å². The smallest absolute Gasteiger partial charge is 0.276 e. The molecule has 2 aromatic heterocycles. The number of pyridine rings is 1. The standard InChI is InChI=1S/C16H16N4O/c1-10-6-7-12(8-11(10)2)9-15-19-16(21-20-15)13-4-3-5-14(17)18-13/h3-8H,9H2,1-2H3,(H2,17,18). The topological polar surface area (TPSA) is 77.8 Å². The second kappa shape index (κ2) is 5.36. The van der Waals surface area contributed by atoms with E-state index in [2.05, 4.69) is 47.2 Å². The van der Waals surface area contributed by atoms with Gasteiger partial charge in [0, 0.05) is 6.42 Å². The van der Waals surface area contributed by atoms with Gasteiger partial charge in [-0.05, 0) is 42.7 Å². The van der Waals surface area contributed by atoms with Crippen LogP contribution in [0.2, 0.25) is 0 Å². The van der Waals surface area contributed by atoms with Crippen molar-refractivity contribution in [2.45, 2.75) is 20.3 Å². The van der Waals surface area contributed by atoms with E-state index in [4.69, 9.17) is 10.3 Å². The summed E-state index contributed by atoms with van der Waals surface area (Å²) in [7, 11) is 0. The van der Waals surface area contributed by atoms with Gasteiger partial charge in [-0.25, -0.2) is 4.98 Å². The zero-order valence-corrected chi connectivity index (χ0v) is 12.0. The normalized spacial score (nSPS) is 10.8. The lowest BCUT2D eigenvalue weighted by Crippen LogP contribution is -1.94. The van der Waals surface area contributed by atoms with Gasteiger partial charge in [0.25, 0.3) is 5.89 Å². The summed E-state index contributed by atoms with van der Waals surface area (Å²) in [6, 6.07) is 11.6. The fourth-order valence-corrected chi connectivity index (χ4v) is 2.10. The van der Waals surface area contributed by atoms with Crippen LogP contribution in [0.1, 0.15) is 22.5 Å². The highest BCUT2D eigenvalue weighted by Crippen LogP contribution is 2.18. The molecule has 0 fully saturated rings. The minimum absolute atomic E-state index is 0.390. The monoisotopic (exact) mass is 280 g/mol. The van der Waals surface area contributed by atoms with Crippen LogP contribution >= 0.6 is 0 Å². The third-order valence-electron chi connectivity index (χ3n) is 3.39. The van der Waals surface area contributed by atoms with Gasteiger partial charge in [0.15, 0.2) is 5.82 Å². The van der Waals surface area contributed by atoms with Gasteiger partial charge in [0.05, 0.1) is 0 Å². The lowest BCUT2D eigenvalue weighted by atomic mass is 10.0. The summed E-state index contributed by atoms with van der Waals surface area (Å²) in [4.78, 5) is 8.54. The lowest BCUT2D eigenvalue weighted by molar-refractivity contribution is 0.422. The number of aromatic nitrogens is 3. The van der Waals surface area contributed by atoms with Crippen molar-refractivity contribution in [2.24, 2.45) is 0 Å². The number of rotatable bonds is 3. The number of hydrogen-bond donors (Lipinski definition) is 1.